The standard InChI is InChI=1S/C20H25BrO/c1-16(4-3-5-17-8-12-19(21)13-9-17)6-7-18-10-14-20(22-2)15-11-18/h8-16H,3-7H2,1-2H3. The molecule has 1 atom stereocenters. The van der Waals surface area contributed by atoms with Gasteiger partial charge in [0.2, 0.25) is 0 Å². The number of rotatable bonds is 8. The van der Waals surface area contributed by atoms with Crippen molar-refractivity contribution in [3.05, 3.63) is 64.1 Å². The third kappa shape index (κ3) is 5.84. The Bertz CT molecular complexity index is 545. The van der Waals surface area contributed by atoms with E-state index < -0.39 is 0 Å². The molecular weight excluding hydrogens is 336 g/mol. The van der Waals surface area contributed by atoms with Crippen LogP contribution in [0.25, 0.3) is 0 Å². The molecule has 118 valence electrons. The SMILES string of the molecule is COc1ccc(CCC(C)CCCc2ccc(Br)cc2)cc1. The molecule has 0 aliphatic carbocycles. The summed E-state index contributed by atoms with van der Waals surface area (Å²) in [6.45, 7) is 2.37. The van der Waals surface area contributed by atoms with Gasteiger partial charge >= 0.3 is 0 Å². The van der Waals surface area contributed by atoms with Crippen molar-refractivity contribution >= 4 is 15.9 Å². The Kier molecular flexibility index (Phi) is 6.98. The molecule has 1 unspecified atom stereocenters. The Labute approximate surface area is 142 Å². The molecule has 0 aliphatic rings. The normalized spacial score (nSPS) is 12.1. The van der Waals surface area contributed by atoms with Gasteiger partial charge in [-0.05, 0) is 67.0 Å². The predicted octanol–water partition coefficient (Wildman–Crippen LogP) is 6.05. The largest absolute Gasteiger partial charge is 0.497 e. The lowest BCUT2D eigenvalue weighted by atomic mass is 9.95. The van der Waals surface area contributed by atoms with Gasteiger partial charge in [0.25, 0.3) is 0 Å². The molecule has 0 radical (unpaired) electrons. The van der Waals surface area contributed by atoms with Crippen LogP contribution in [-0.4, -0.2) is 7.11 Å². The summed E-state index contributed by atoms with van der Waals surface area (Å²) in [6.07, 6.45) is 6.16. The highest BCUT2D eigenvalue weighted by Crippen LogP contribution is 2.19. The monoisotopic (exact) mass is 360 g/mol. The fourth-order valence-electron chi connectivity index (χ4n) is 2.66. The summed E-state index contributed by atoms with van der Waals surface area (Å²) in [5.74, 6) is 1.71. The lowest BCUT2D eigenvalue weighted by Gasteiger charge is -2.11. The fourth-order valence-corrected chi connectivity index (χ4v) is 2.92. The van der Waals surface area contributed by atoms with Crippen LogP contribution in [0.5, 0.6) is 5.75 Å². The molecule has 0 saturated carbocycles. The van der Waals surface area contributed by atoms with Crippen LogP contribution in [0.4, 0.5) is 0 Å². The van der Waals surface area contributed by atoms with Crippen LogP contribution in [0, 0.1) is 5.92 Å². The minimum Gasteiger partial charge on any atom is -0.497 e. The van der Waals surface area contributed by atoms with Gasteiger partial charge in [-0.2, -0.15) is 0 Å². The molecule has 0 saturated heterocycles. The molecule has 0 spiro atoms. The summed E-state index contributed by atoms with van der Waals surface area (Å²) in [4.78, 5) is 0. The number of hydrogen-bond acceptors (Lipinski definition) is 1. The van der Waals surface area contributed by atoms with E-state index in [-0.39, 0.29) is 0 Å². The van der Waals surface area contributed by atoms with E-state index in [2.05, 4.69) is 59.3 Å². The van der Waals surface area contributed by atoms with Crippen LogP contribution in [0.2, 0.25) is 0 Å². The van der Waals surface area contributed by atoms with E-state index in [1.54, 1.807) is 7.11 Å². The highest BCUT2D eigenvalue weighted by molar-refractivity contribution is 9.10. The van der Waals surface area contributed by atoms with Gasteiger partial charge in [0.15, 0.2) is 0 Å². The van der Waals surface area contributed by atoms with E-state index in [0.717, 1.165) is 22.6 Å². The van der Waals surface area contributed by atoms with Crippen molar-refractivity contribution in [2.24, 2.45) is 5.92 Å². The molecule has 2 rings (SSSR count). The van der Waals surface area contributed by atoms with Gasteiger partial charge in [-0.3, -0.25) is 0 Å². The number of halogens is 1. The summed E-state index contributed by atoms with van der Waals surface area (Å²) in [5, 5.41) is 0. The highest BCUT2D eigenvalue weighted by Gasteiger charge is 2.04. The Balaban J connectivity index is 1.66. The Morgan fingerprint density at radius 3 is 2.09 bits per heavy atom. The first-order valence-electron chi connectivity index (χ1n) is 8.05. The highest BCUT2D eigenvalue weighted by atomic mass is 79.9. The zero-order valence-corrected chi connectivity index (χ0v) is 15.1. The fraction of sp³-hybridized carbons (Fsp3) is 0.400. The Morgan fingerprint density at radius 1 is 0.864 bits per heavy atom. The zero-order chi connectivity index (χ0) is 15.8. The molecule has 0 bridgehead atoms. The van der Waals surface area contributed by atoms with Gasteiger partial charge in [-0.15, -0.1) is 0 Å². The molecule has 0 fully saturated rings. The maximum atomic E-state index is 5.19. The van der Waals surface area contributed by atoms with Crippen molar-refractivity contribution in [2.75, 3.05) is 7.11 Å². The van der Waals surface area contributed by atoms with Crippen LogP contribution in [0.1, 0.15) is 37.3 Å². The minimum atomic E-state index is 0.776. The summed E-state index contributed by atoms with van der Waals surface area (Å²) >= 11 is 3.48. The summed E-state index contributed by atoms with van der Waals surface area (Å²) in [7, 11) is 1.71. The van der Waals surface area contributed by atoms with Crippen LogP contribution in [0.3, 0.4) is 0 Å². The first kappa shape index (κ1) is 17.1. The second kappa shape index (κ2) is 8.99. The maximum Gasteiger partial charge on any atom is 0.118 e. The van der Waals surface area contributed by atoms with E-state index in [9.17, 15) is 0 Å². The summed E-state index contributed by atoms with van der Waals surface area (Å²) in [6, 6.07) is 17.1. The number of ether oxygens (including phenoxy) is 1. The van der Waals surface area contributed by atoms with Gasteiger partial charge in [0.05, 0.1) is 7.11 Å². The summed E-state index contributed by atoms with van der Waals surface area (Å²) < 4.78 is 6.35. The van der Waals surface area contributed by atoms with Crippen LogP contribution < -0.4 is 4.74 Å². The van der Waals surface area contributed by atoms with Crippen molar-refractivity contribution in [3.63, 3.8) is 0 Å². The average molecular weight is 361 g/mol. The van der Waals surface area contributed by atoms with Crippen LogP contribution in [0.15, 0.2) is 53.0 Å². The first-order chi connectivity index (χ1) is 10.7. The van der Waals surface area contributed by atoms with E-state index in [1.807, 2.05) is 12.1 Å². The lowest BCUT2D eigenvalue weighted by molar-refractivity contribution is 0.414. The quantitative estimate of drug-likeness (QED) is 0.556. The smallest absolute Gasteiger partial charge is 0.118 e. The second-order valence-corrected chi connectivity index (χ2v) is 6.93. The molecule has 0 aromatic heterocycles. The number of aryl methyl sites for hydroxylation is 2. The van der Waals surface area contributed by atoms with Crippen LogP contribution in [-0.2, 0) is 12.8 Å². The van der Waals surface area contributed by atoms with Gasteiger partial charge in [0, 0.05) is 4.47 Å². The Hall–Kier alpha value is -1.28. The number of hydrogen-bond donors (Lipinski definition) is 0. The molecule has 0 aliphatic heterocycles. The van der Waals surface area contributed by atoms with Crippen molar-refractivity contribution in [1.29, 1.82) is 0 Å². The minimum absolute atomic E-state index is 0.776. The van der Waals surface area contributed by atoms with E-state index in [1.165, 1.54) is 36.8 Å². The average Bonchev–Trinajstić information content (AvgIpc) is 2.55. The zero-order valence-electron chi connectivity index (χ0n) is 13.5. The van der Waals surface area contributed by atoms with E-state index in [0.29, 0.717) is 0 Å². The lowest BCUT2D eigenvalue weighted by Crippen LogP contribution is -1.99. The van der Waals surface area contributed by atoms with Crippen molar-refractivity contribution in [2.45, 2.75) is 39.0 Å². The molecule has 0 heterocycles. The van der Waals surface area contributed by atoms with Crippen LogP contribution >= 0.6 is 15.9 Å². The molecule has 2 aromatic rings. The molecule has 2 heteroatoms. The number of methoxy groups -OCH3 is 1. The van der Waals surface area contributed by atoms with Gasteiger partial charge in [0.1, 0.15) is 5.75 Å². The maximum absolute atomic E-state index is 5.19. The Morgan fingerprint density at radius 2 is 1.45 bits per heavy atom. The molecule has 2 aromatic carbocycles. The van der Waals surface area contributed by atoms with Gasteiger partial charge in [-0.1, -0.05) is 53.5 Å². The van der Waals surface area contributed by atoms with E-state index in [4.69, 9.17) is 4.74 Å². The third-order valence-corrected chi connectivity index (χ3v) is 4.69. The third-order valence-electron chi connectivity index (χ3n) is 4.16. The molecular formula is C20H25BrO. The van der Waals surface area contributed by atoms with E-state index >= 15 is 0 Å². The topological polar surface area (TPSA) is 9.23 Å². The van der Waals surface area contributed by atoms with Gasteiger partial charge < -0.3 is 4.74 Å². The molecule has 1 nitrogen and oxygen atoms in total. The van der Waals surface area contributed by atoms with Crippen molar-refractivity contribution < 1.29 is 4.74 Å². The molecule has 0 N–H and O–H groups in total. The first-order valence-corrected chi connectivity index (χ1v) is 8.84. The predicted molar refractivity (Wildman–Crippen MR) is 97.6 cm³/mol. The van der Waals surface area contributed by atoms with Crippen molar-refractivity contribution in [1.82, 2.24) is 0 Å². The second-order valence-electron chi connectivity index (χ2n) is 6.01. The molecule has 22 heavy (non-hydrogen) atoms. The van der Waals surface area contributed by atoms with Crippen molar-refractivity contribution in [3.8, 4) is 5.75 Å². The van der Waals surface area contributed by atoms with Gasteiger partial charge in [-0.25, -0.2) is 0 Å². The summed E-state index contributed by atoms with van der Waals surface area (Å²) in [5.41, 5.74) is 2.84. The number of benzene rings is 2. The molecule has 0 amide bonds.